The molecule has 11 nitrogen and oxygen atoms in total. The molecule has 0 aliphatic rings. The van der Waals surface area contributed by atoms with Gasteiger partial charge in [-0.25, -0.2) is 14.2 Å². The summed E-state index contributed by atoms with van der Waals surface area (Å²) in [4.78, 5) is 48.6. The molecule has 3 rings (SSSR count). The Morgan fingerprint density at radius 2 is 1.66 bits per heavy atom. The highest BCUT2D eigenvalue weighted by molar-refractivity contribution is 6.33. The number of rotatable bonds is 6. The van der Waals surface area contributed by atoms with E-state index in [4.69, 9.17) is 27.9 Å². The minimum absolute atomic E-state index is 0.0104. The largest absolute Gasteiger partial charge is 0.459 e. The first-order valence-corrected chi connectivity index (χ1v) is 12.9. The van der Waals surface area contributed by atoms with Crippen LogP contribution in [0.15, 0.2) is 33.9 Å². The van der Waals surface area contributed by atoms with E-state index in [1.807, 2.05) is 27.7 Å². The van der Waals surface area contributed by atoms with E-state index in [2.05, 4.69) is 25.6 Å². The Morgan fingerprint density at radius 1 is 1.05 bits per heavy atom. The van der Waals surface area contributed by atoms with Crippen LogP contribution in [0.1, 0.15) is 57.6 Å². The smallest absolute Gasteiger partial charge is 0.431 e. The summed E-state index contributed by atoms with van der Waals surface area (Å²) in [6.45, 7) is 12.0. The minimum Gasteiger partial charge on any atom is -0.459 e. The van der Waals surface area contributed by atoms with Gasteiger partial charge in [-0.1, -0.05) is 11.6 Å². The standard InChI is InChI=1S/C16H14ClF3N2O4.C9H16ClN5/c1-8(2)26-14(24)10-6-9(4-5-11(10)17)22-13(23)7-12(16(18,19)20)21(3)15(22)25;1-5-11-7-12-6(10)13-8(14-7)15-9(2,3)4/h4-8H,1-3H3;5H2,1-4H3,(H2,11,12,13,14,15). The molecule has 0 amide bonds. The molecular weight excluding hydrogens is 590 g/mol. The lowest BCUT2D eigenvalue weighted by Gasteiger charge is -2.20. The number of halogens is 5. The third kappa shape index (κ3) is 9.46. The van der Waals surface area contributed by atoms with E-state index in [9.17, 15) is 27.6 Å². The van der Waals surface area contributed by atoms with Crippen LogP contribution in [0.3, 0.4) is 0 Å². The Labute approximate surface area is 243 Å². The summed E-state index contributed by atoms with van der Waals surface area (Å²) >= 11 is 11.7. The predicted molar refractivity (Wildman–Crippen MR) is 150 cm³/mol. The third-order valence-electron chi connectivity index (χ3n) is 4.81. The highest BCUT2D eigenvalue weighted by Gasteiger charge is 2.35. The lowest BCUT2D eigenvalue weighted by molar-refractivity contribution is -0.144. The van der Waals surface area contributed by atoms with Crippen molar-refractivity contribution in [2.24, 2.45) is 7.05 Å². The van der Waals surface area contributed by atoms with Gasteiger partial charge in [0.15, 0.2) is 0 Å². The lowest BCUT2D eigenvalue weighted by Crippen LogP contribution is -2.40. The van der Waals surface area contributed by atoms with Gasteiger partial charge in [0.1, 0.15) is 5.69 Å². The molecule has 0 aliphatic carbocycles. The fraction of sp³-hybridized carbons (Fsp3) is 0.440. The third-order valence-corrected chi connectivity index (χ3v) is 5.31. The zero-order chi connectivity index (χ0) is 31.3. The van der Waals surface area contributed by atoms with Crippen molar-refractivity contribution in [2.45, 2.75) is 59.4 Å². The van der Waals surface area contributed by atoms with Crippen LogP contribution in [0.2, 0.25) is 10.3 Å². The van der Waals surface area contributed by atoms with Gasteiger partial charge in [-0.2, -0.15) is 28.1 Å². The van der Waals surface area contributed by atoms with Crippen LogP contribution in [0.25, 0.3) is 5.69 Å². The molecule has 0 spiro atoms. The fourth-order valence-corrected chi connectivity index (χ4v) is 3.56. The number of nitrogens with one attached hydrogen (secondary N) is 2. The number of carbonyl (C=O) groups excluding carboxylic acids is 1. The van der Waals surface area contributed by atoms with E-state index >= 15 is 0 Å². The zero-order valence-electron chi connectivity index (χ0n) is 23.4. The summed E-state index contributed by atoms with van der Waals surface area (Å²) in [5.74, 6) is 0.186. The molecule has 0 saturated heterocycles. The van der Waals surface area contributed by atoms with Crippen molar-refractivity contribution < 1.29 is 22.7 Å². The maximum Gasteiger partial charge on any atom is 0.431 e. The van der Waals surface area contributed by atoms with Crippen molar-refractivity contribution in [3.63, 3.8) is 0 Å². The van der Waals surface area contributed by atoms with E-state index in [0.717, 1.165) is 19.7 Å². The first-order valence-electron chi connectivity index (χ1n) is 12.2. The van der Waals surface area contributed by atoms with Crippen molar-refractivity contribution in [3.05, 3.63) is 66.7 Å². The molecule has 0 radical (unpaired) electrons. The molecule has 0 fully saturated rings. The Bertz CT molecular complexity index is 1520. The topological polar surface area (TPSA) is 133 Å². The predicted octanol–water partition coefficient (Wildman–Crippen LogP) is 4.94. The molecule has 2 aromatic heterocycles. The number of aromatic nitrogens is 5. The van der Waals surface area contributed by atoms with Gasteiger partial charge in [-0.3, -0.25) is 9.36 Å². The number of benzene rings is 1. The van der Waals surface area contributed by atoms with Crippen molar-refractivity contribution in [3.8, 4) is 5.69 Å². The first-order chi connectivity index (χ1) is 18.8. The van der Waals surface area contributed by atoms with Gasteiger partial charge in [0, 0.05) is 25.2 Å². The number of nitrogens with zero attached hydrogens (tertiary/aromatic N) is 5. The van der Waals surface area contributed by atoms with Crippen LogP contribution >= 0.6 is 23.2 Å². The summed E-state index contributed by atoms with van der Waals surface area (Å²) in [7, 11) is 0.894. The average molecular weight is 620 g/mol. The molecule has 0 unspecified atom stereocenters. The van der Waals surface area contributed by atoms with Gasteiger partial charge in [0.25, 0.3) is 5.56 Å². The molecule has 0 saturated carbocycles. The van der Waals surface area contributed by atoms with Crippen LogP contribution in [0, 0.1) is 0 Å². The summed E-state index contributed by atoms with van der Waals surface area (Å²) in [6, 6.07) is 3.91. The molecule has 2 heterocycles. The number of carbonyl (C=O) groups is 1. The lowest BCUT2D eigenvalue weighted by atomic mass is 10.1. The second-order valence-electron chi connectivity index (χ2n) is 9.82. The zero-order valence-corrected chi connectivity index (χ0v) is 24.9. The maximum absolute atomic E-state index is 12.9. The van der Waals surface area contributed by atoms with E-state index in [1.54, 1.807) is 13.8 Å². The quantitative estimate of drug-likeness (QED) is 0.368. The Morgan fingerprint density at radius 3 is 2.20 bits per heavy atom. The maximum atomic E-state index is 12.9. The van der Waals surface area contributed by atoms with Crippen LogP contribution in [0.5, 0.6) is 0 Å². The monoisotopic (exact) mass is 619 g/mol. The molecule has 16 heteroatoms. The highest BCUT2D eigenvalue weighted by Crippen LogP contribution is 2.27. The Balaban J connectivity index is 0.000000333. The Hall–Kier alpha value is -3.65. The number of esters is 1. The van der Waals surface area contributed by atoms with Crippen molar-refractivity contribution in [1.29, 1.82) is 0 Å². The van der Waals surface area contributed by atoms with Gasteiger partial charge in [-0.05, 0) is 71.3 Å². The molecule has 0 atom stereocenters. The SMILES string of the molecule is CC(C)OC(=O)c1cc(-n2c(=O)cc(C(F)(F)F)n(C)c2=O)ccc1Cl.CCNc1nc(Cl)nc(NC(C)(C)C)n1. The average Bonchev–Trinajstić information content (AvgIpc) is 2.80. The summed E-state index contributed by atoms with van der Waals surface area (Å²) in [6.07, 6.45) is -5.30. The molecule has 0 aliphatic heterocycles. The van der Waals surface area contributed by atoms with E-state index < -0.39 is 35.2 Å². The molecular formula is C25H30Cl2F3N7O4. The molecule has 3 aromatic rings. The molecule has 1 aromatic carbocycles. The second kappa shape index (κ2) is 13.3. The van der Waals surface area contributed by atoms with Gasteiger partial charge in [0.2, 0.25) is 17.2 Å². The van der Waals surface area contributed by atoms with Crippen molar-refractivity contribution in [1.82, 2.24) is 24.1 Å². The minimum atomic E-state index is -4.86. The van der Waals surface area contributed by atoms with Crippen LogP contribution in [-0.2, 0) is 18.0 Å². The normalized spacial score (nSPS) is 11.5. The van der Waals surface area contributed by atoms with E-state index in [0.29, 0.717) is 27.1 Å². The second-order valence-corrected chi connectivity index (χ2v) is 10.6. The van der Waals surface area contributed by atoms with E-state index in [-0.39, 0.29) is 27.1 Å². The van der Waals surface area contributed by atoms with E-state index in [1.165, 1.54) is 12.1 Å². The number of hydrogen-bond donors (Lipinski definition) is 2. The number of hydrogen-bond acceptors (Lipinski definition) is 9. The van der Waals surface area contributed by atoms with Gasteiger partial charge >= 0.3 is 17.8 Å². The van der Waals surface area contributed by atoms with Crippen molar-refractivity contribution in [2.75, 3.05) is 17.2 Å². The van der Waals surface area contributed by atoms with Crippen molar-refractivity contribution >= 4 is 41.1 Å². The Kier molecular flexibility index (Phi) is 10.9. The number of alkyl halides is 3. The summed E-state index contributed by atoms with van der Waals surface area (Å²) in [5.41, 5.74) is -4.11. The van der Waals surface area contributed by atoms with Crippen LogP contribution in [0.4, 0.5) is 25.1 Å². The van der Waals surface area contributed by atoms with Gasteiger partial charge in [-0.15, -0.1) is 0 Å². The first kappa shape index (κ1) is 33.6. The summed E-state index contributed by atoms with van der Waals surface area (Å²) < 4.78 is 44.5. The van der Waals surface area contributed by atoms with Gasteiger partial charge in [0.05, 0.1) is 22.4 Å². The fourth-order valence-electron chi connectivity index (χ4n) is 3.20. The molecule has 41 heavy (non-hydrogen) atoms. The van der Waals surface area contributed by atoms with Crippen LogP contribution < -0.4 is 21.9 Å². The number of ether oxygens (including phenoxy) is 1. The van der Waals surface area contributed by atoms with Gasteiger partial charge < -0.3 is 15.4 Å². The molecule has 224 valence electrons. The van der Waals surface area contributed by atoms with Crippen LogP contribution in [-0.4, -0.2) is 48.2 Å². The highest BCUT2D eigenvalue weighted by atomic mass is 35.5. The summed E-state index contributed by atoms with van der Waals surface area (Å²) in [5, 5.41) is 6.32. The molecule has 2 N–H and O–H groups in total. The number of anilines is 2. The molecule has 0 bridgehead atoms.